The van der Waals surface area contributed by atoms with Gasteiger partial charge in [-0.1, -0.05) is 12.2 Å². The first-order chi connectivity index (χ1) is 12.7. The molecule has 4 nitrogen and oxygen atoms in total. The van der Waals surface area contributed by atoms with Crippen LogP contribution < -0.4 is 4.90 Å². The molecule has 2 heterocycles. The summed E-state index contributed by atoms with van der Waals surface area (Å²) in [5.74, 6) is -0.245. The van der Waals surface area contributed by atoms with E-state index in [9.17, 15) is 9.59 Å². The van der Waals surface area contributed by atoms with Crippen LogP contribution in [-0.4, -0.2) is 34.7 Å². The molecule has 0 aromatic heterocycles. The number of nitrogens with zero attached hydrogens (tertiary/aromatic N) is 2. The average Bonchev–Trinajstić information content (AvgIpc) is 2.84. The summed E-state index contributed by atoms with van der Waals surface area (Å²) in [6.07, 6.45) is 5.70. The lowest BCUT2D eigenvalue weighted by Crippen LogP contribution is -2.44. The summed E-state index contributed by atoms with van der Waals surface area (Å²) >= 11 is 0.994. The summed E-state index contributed by atoms with van der Waals surface area (Å²) < 4.78 is 0. The van der Waals surface area contributed by atoms with Crippen LogP contribution in [0.3, 0.4) is 0 Å². The molecule has 0 spiro atoms. The maximum absolute atomic E-state index is 12.5. The molecule has 0 saturated carbocycles. The molecule has 0 unspecified atom stereocenters. The molecule has 1 fully saturated rings. The topological polar surface area (TPSA) is 40.6 Å². The Labute approximate surface area is 165 Å². The second-order valence-corrected chi connectivity index (χ2v) is 8.53. The standard InChI is InChI=1S/C22H26N2O2S/c1-7-9-23-20(25)19(27-21(23)26)12-16-11-17-15(4)13-22(5,6)24(8-2)18(17)10-14(16)3/h7,10-13H,1,8-9H2,2-6H3/b19-12+. The van der Waals surface area contributed by atoms with E-state index in [2.05, 4.69) is 64.3 Å². The van der Waals surface area contributed by atoms with E-state index in [1.54, 1.807) is 6.08 Å². The normalized spacial score (nSPS) is 20.2. The molecule has 1 saturated heterocycles. The van der Waals surface area contributed by atoms with Gasteiger partial charge in [0, 0.05) is 24.3 Å². The minimum Gasteiger partial charge on any atom is -0.363 e. The molecule has 0 atom stereocenters. The number of benzene rings is 1. The largest absolute Gasteiger partial charge is 0.363 e. The summed E-state index contributed by atoms with van der Waals surface area (Å²) in [7, 11) is 0. The fraction of sp³-hybridized carbons (Fsp3) is 0.364. The van der Waals surface area contributed by atoms with Gasteiger partial charge in [0.2, 0.25) is 0 Å². The van der Waals surface area contributed by atoms with E-state index < -0.39 is 0 Å². The summed E-state index contributed by atoms with van der Waals surface area (Å²) in [4.78, 5) is 28.7. The van der Waals surface area contributed by atoms with Gasteiger partial charge >= 0.3 is 0 Å². The third kappa shape index (κ3) is 3.36. The van der Waals surface area contributed by atoms with Crippen molar-refractivity contribution in [2.45, 2.75) is 40.2 Å². The first-order valence-corrected chi connectivity index (χ1v) is 9.99. The Morgan fingerprint density at radius 1 is 1.22 bits per heavy atom. The number of allylic oxidation sites excluding steroid dienone is 1. The number of thioether (sulfide) groups is 1. The first kappa shape index (κ1) is 19.5. The van der Waals surface area contributed by atoms with E-state index in [0.29, 0.717) is 4.91 Å². The number of imide groups is 1. The molecule has 2 aliphatic heterocycles. The number of anilines is 1. The fourth-order valence-corrected chi connectivity index (χ4v) is 4.74. The maximum atomic E-state index is 12.5. The third-order valence-corrected chi connectivity index (χ3v) is 6.06. The molecule has 0 bridgehead atoms. The Kier molecular flexibility index (Phi) is 5.08. The molecule has 1 aromatic rings. The van der Waals surface area contributed by atoms with Crippen LogP contribution in [0.2, 0.25) is 0 Å². The van der Waals surface area contributed by atoms with E-state index in [1.165, 1.54) is 21.7 Å². The van der Waals surface area contributed by atoms with Crippen molar-refractivity contribution in [2.75, 3.05) is 18.0 Å². The van der Waals surface area contributed by atoms with E-state index in [0.717, 1.165) is 29.4 Å². The minimum atomic E-state index is -0.245. The van der Waals surface area contributed by atoms with Crippen LogP contribution in [0.15, 0.2) is 35.8 Å². The fourth-order valence-electron chi connectivity index (χ4n) is 3.91. The minimum absolute atomic E-state index is 0.0346. The molecule has 3 rings (SSSR count). The predicted octanol–water partition coefficient (Wildman–Crippen LogP) is 5.24. The van der Waals surface area contributed by atoms with Gasteiger partial charge in [-0.25, -0.2) is 0 Å². The van der Waals surface area contributed by atoms with Crippen LogP contribution in [0.1, 0.15) is 44.4 Å². The number of likely N-dealkylation sites (N-methyl/N-ethyl adjacent to an activating group) is 1. The van der Waals surface area contributed by atoms with Gasteiger partial charge in [0.05, 0.1) is 10.4 Å². The molecule has 5 heteroatoms. The molecule has 0 N–H and O–H groups in total. The van der Waals surface area contributed by atoms with Crippen LogP contribution in [0.5, 0.6) is 0 Å². The molecule has 142 valence electrons. The molecule has 2 amide bonds. The second-order valence-electron chi connectivity index (χ2n) is 7.53. The zero-order chi connectivity index (χ0) is 19.9. The number of fused-ring (bicyclic) bond motifs is 1. The molecular formula is C22H26N2O2S. The van der Waals surface area contributed by atoms with Crippen molar-refractivity contribution in [3.8, 4) is 0 Å². The number of aryl methyl sites for hydroxylation is 1. The molecule has 27 heavy (non-hydrogen) atoms. The molecular weight excluding hydrogens is 356 g/mol. The average molecular weight is 383 g/mol. The SMILES string of the molecule is C=CCN1C(=O)S/C(=C/c2cc3c(cc2C)N(CC)C(C)(C)C=C3C)C1=O. The van der Waals surface area contributed by atoms with Gasteiger partial charge in [0.25, 0.3) is 11.1 Å². The summed E-state index contributed by atoms with van der Waals surface area (Å²) in [6.45, 7) is 15.6. The predicted molar refractivity (Wildman–Crippen MR) is 115 cm³/mol. The second kappa shape index (κ2) is 7.04. The summed E-state index contributed by atoms with van der Waals surface area (Å²) in [5.41, 5.74) is 5.66. The maximum Gasteiger partial charge on any atom is 0.293 e. The molecule has 0 aliphatic carbocycles. The van der Waals surface area contributed by atoms with Crippen LogP contribution in [-0.2, 0) is 4.79 Å². The van der Waals surface area contributed by atoms with Gasteiger partial charge in [-0.3, -0.25) is 14.5 Å². The van der Waals surface area contributed by atoms with Gasteiger partial charge in [0.15, 0.2) is 0 Å². The van der Waals surface area contributed by atoms with Gasteiger partial charge in [-0.2, -0.15) is 0 Å². The number of hydrogen-bond acceptors (Lipinski definition) is 4. The number of carbonyl (C=O) groups is 2. The van der Waals surface area contributed by atoms with Crippen molar-refractivity contribution in [1.82, 2.24) is 4.90 Å². The number of amides is 2. The molecule has 2 aliphatic rings. The van der Waals surface area contributed by atoms with E-state index in [4.69, 9.17) is 0 Å². The van der Waals surface area contributed by atoms with E-state index >= 15 is 0 Å². The van der Waals surface area contributed by atoms with Crippen molar-refractivity contribution in [2.24, 2.45) is 0 Å². The summed E-state index contributed by atoms with van der Waals surface area (Å²) in [6, 6.07) is 4.33. The quantitative estimate of drug-likeness (QED) is 0.527. The number of carbonyl (C=O) groups excluding carboxylic acids is 2. The van der Waals surface area contributed by atoms with Gasteiger partial charge in [0.1, 0.15) is 0 Å². The highest BCUT2D eigenvalue weighted by atomic mass is 32.2. The van der Waals surface area contributed by atoms with Crippen molar-refractivity contribution < 1.29 is 9.59 Å². The van der Waals surface area contributed by atoms with Crippen molar-refractivity contribution in [3.63, 3.8) is 0 Å². The first-order valence-electron chi connectivity index (χ1n) is 9.18. The van der Waals surface area contributed by atoms with Crippen LogP contribution in [0.4, 0.5) is 10.5 Å². The Morgan fingerprint density at radius 2 is 1.93 bits per heavy atom. The Morgan fingerprint density at radius 3 is 2.56 bits per heavy atom. The lowest BCUT2D eigenvalue weighted by molar-refractivity contribution is -0.122. The Balaban J connectivity index is 2.06. The van der Waals surface area contributed by atoms with E-state index in [-0.39, 0.29) is 23.2 Å². The third-order valence-electron chi connectivity index (χ3n) is 5.15. The highest BCUT2D eigenvalue weighted by Crippen LogP contribution is 2.41. The van der Waals surface area contributed by atoms with Crippen LogP contribution >= 0.6 is 11.8 Å². The van der Waals surface area contributed by atoms with Crippen LogP contribution in [0, 0.1) is 6.92 Å². The number of hydrogen-bond donors (Lipinski definition) is 0. The highest BCUT2D eigenvalue weighted by molar-refractivity contribution is 8.18. The zero-order valence-corrected chi connectivity index (χ0v) is 17.4. The monoisotopic (exact) mass is 382 g/mol. The van der Waals surface area contributed by atoms with Gasteiger partial charge in [-0.05, 0) is 81.3 Å². The smallest absolute Gasteiger partial charge is 0.293 e. The van der Waals surface area contributed by atoms with Gasteiger partial charge < -0.3 is 4.90 Å². The van der Waals surface area contributed by atoms with E-state index in [1.807, 2.05) is 6.08 Å². The van der Waals surface area contributed by atoms with Crippen molar-refractivity contribution in [1.29, 1.82) is 0 Å². The van der Waals surface area contributed by atoms with Crippen LogP contribution in [0.25, 0.3) is 11.6 Å². The Hall–Kier alpha value is -2.27. The molecule has 0 radical (unpaired) electrons. The molecule has 1 aromatic carbocycles. The zero-order valence-electron chi connectivity index (χ0n) is 16.6. The Bertz CT molecular complexity index is 896. The van der Waals surface area contributed by atoms with Crippen molar-refractivity contribution in [3.05, 3.63) is 52.5 Å². The lowest BCUT2D eigenvalue weighted by atomic mass is 9.87. The summed E-state index contributed by atoms with van der Waals surface area (Å²) in [5, 5.41) is -0.239. The van der Waals surface area contributed by atoms with Crippen molar-refractivity contribution >= 4 is 40.2 Å². The lowest BCUT2D eigenvalue weighted by Gasteiger charge is -2.43. The van der Waals surface area contributed by atoms with Gasteiger partial charge in [-0.15, -0.1) is 6.58 Å². The number of rotatable bonds is 4. The highest BCUT2D eigenvalue weighted by Gasteiger charge is 2.35.